The van der Waals surface area contributed by atoms with Crippen molar-refractivity contribution in [1.82, 2.24) is 14.8 Å². The number of rotatable bonds is 2. The van der Waals surface area contributed by atoms with E-state index in [-0.39, 0.29) is 5.82 Å². The summed E-state index contributed by atoms with van der Waals surface area (Å²) in [5, 5.41) is 12.5. The first-order valence-electron chi connectivity index (χ1n) is 4.26. The van der Waals surface area contributed by atoms with Crippen LogP contribution in [0.1, 0.15) is 12.2 Å². The number of ether oxygens (including phenoxy) is 1. The van der Waals surface area contributed by atoms with E-state index in [4.69, 9.17) is 10.00 Å². The summed E-state index contributed by atoms with van der Waals surface area (Å²) in [6, 6.07) is 1.90. The van der Waals surface area contributed by atoms with Gasteiger partial charge in [-0.3, -0.25) is 4.68 Å². The van der Waals surface area contributed by atoms with Crippen molar-refractivity contribution in [3.8, 4) is 6.07 Å². The zero-order valence-corrected chi connectivity index (χ0v) is 7.18. The summed E-state index contributed by atoms with van der Waals surface area (Å²) in [7, 11) is 0. The molecule has 0 spiro atoms. The minimum absolute atomic E-state index is 0.235. The third kappa shape index (κ3) is 1.84. The van der Waals surface area contributed by atoms with Gasteiger partial charge in [0.2, 0.25) is 0 Å². The van der Waals surface area contributed by atoms with Crippen molar-refractivity contribution in [3.05, 3.63) is 12.2 Å². The van der Waals surface area contributed by atoms with E-state index in [2.05, 4.69) is 10.1 Å². The Morgan fingerprint density at radius 3 is 3.31 bits per heavy atom. The largest absolute Gasteiger partial charge is 0.381 e. The molecule has 13 heavy (non-hydrogen) atoms. The average molecular weight is 178 g/mol. The summed E-state index contributed by atoms with van der Waals surface area (Å²) in [5.41, 5.74) is 0. The van der Waals surface area contributed by atoms with Gasteiger partial charge in [-0.2, -0.15) is 5.26 Å². The maximum atomic E-state index is 8.50. The number of hydrogen-bond acceptors (Lipinski definition) is 4. The molecular weight excluding hydrogens is 168 g/mol. The molecule has 0 aliphatic carbocycles. The molecule has 1 saturated heterocycles. The Labute approximate surface area is 75.9 Å². The van der Waals surface area contributed by atoms with E-state index >= 15 is 0 Å². The Bertz CT molecular complexity index is 321. The van der Waals surface area contributed by atoms with Crippen LogP contribution in [0, 0.1) is 17.2 Å². The molecule has 1 aliphatic heterocycles. The summed E-state index contributed by atoms with van der Waals surface area (Å²) in [4.78, 5) is 3.83. The second-order valence-electron chi connectivity index (χ2n) is 3.13. The molecular formula is C8H10N4O. The van der Waals surface area contributed by atoms with Crippen molar-refractivity contribution in [2.75, 3.05) is 13.2 Å². The minimum Gasteiger partial charge on any atom is -0.381 e. The maximum Gasteiger partial charge on any atom is 0.252 e. The fourth-order valence-electron chi connectivity index (χ4n) is 1.43. The SMILES string of the molecule is N#Cc1ncn(CC2CCOC2)n1. The van der Waals surface area contributed by atoms with E-state index in [1.165, 1.54) is 0 Å². The Morgan fingerprint density at radius 1 is 1.77 bits per heavy atom. The molecule has 1 aromatic rings. The van der Waals surface area contributed by atoms with Gasteiger partial charge in [0.15, 0.2) is 0 Å². The smallest absolute Gasteiger partial charge is 0.252 e. The van der Waals surface area contributed by atoms with Crippen molar-refractivity contribution < 1.29 is 4.74 Å². The van der Waals surface area contributed by atoms with Crippen molar-refractivity contribution in [2.24, 2.45) is 5.92 Å². The molecule has 5 heteroatoms. The molecule has 2 rings (SSSR count). The van der Waals surface area contributed by atoms with Crippen molar-refractivity contribution >= 4 is 0 Å². The Morgan fingerprint density at radius 2 is 2.69 bits per heavy atom. The van der Waals surface area contributed by atoms with Gasteiger partial charge in [0.25, 0.3) is 5.82 Å². The normalized spacial score (nSPS) is 21.6. The Hall–Kier alpha value is -1.41. The van der Waals surface area contributed by atoms with E-state index in [1.54, 1.807) is 11.0 Å². The van der Waals surface area contributed by atoms with E-state index in [1.807, 2.05) is 6.07 Å². The molecule has 1 unspecified atom stereocenters. The molecule has 1 fully saturated rings. The van der Waals surface area contributed by atoms with E-state index in [9.17, 15) is 0 Å². The number of hydrogen-bond donors (Lipinski definition) is 0. The standard InChI is InChI=1S/C8H10N4O/c9-3-8-10-6-12(11-8)4-7-1-2-13-5-7/h6-7H,1-2,4-5H2. The third-order valence-electron chi connectivity index (χ3n) is 2.11. The Kier molecular flexibility index (Phi) is 2.23. The van der Waals surface area contributed by atoms with Gasteiger partial charge >= 0.3 is 0 Å². The molecule has 1 aromatic heterocycles. The summed E-state index contributed by atoms with van der Waals surface area (Å²) in [5.74, 6) is 0.757. The van der Waals surface area contributed by atoms with Crippen molar-refractivity contribution in [3.63, 3.8) is 0 Å². The highest BCUT2D eigenvalue weighted by molar-refractivity contribution is 5.05. The van der Waals surface area contributed by atoms with Gasteiger partial charge in [-0.25, -0.2) is 4.98 Å². The van der Waals surface area contributed by atoms with Crippen LogP contribution in [0.2, 0.25) is 0 Å². The van der Waals surface area contributed by atoms with Gasteiger partial charge in [-0.15, -0.1) is 5.10 Å². The molecule has 0 amide bonds. The van der Waals surface area contributed by atoms with Crippen LogP contribution in [0.4, 0.5) is 0 Å². The molecule has 5 nitrogen and oxygen atoms in total. The lowest BCUT2D eigenvalue weighted by Crippen LogP contribution is -2.11. The average Bonchev–Trinajstić information content (AvgIpc) is 2.76. The summed E-state index contributed by atoms with van der Waals surface area (Å²) >= 11 is 0. The highest BCUT2D eigenvalue weighted by Crippen LogP contribution is 2.13. The first-order chi connectivity index (χ1) is 6.38. The van der Waals surface area contributed by atoms with Crippen LogP contribution in [-0.2, 0) is 11.3 Å². The van der Waals surface area contributed by atoms with Crippen LogP contribution >= 0.6 is 0 Å². The summed E-state index contributed by atoms with van der Waals surface area (Å²) in [6.45, 7) is 2.43. The van der Waals surface area contributed by atoms with Gasteiger partial charge in [-0.1, -0.05) is 0 Å². The van der Waals surface area contributed by atoms with Gasteiger partial charge in [0.1, 0.15) is 12.4 Å². The lowest BCUT2D eigenvalue weighted by Gasteiger charge is -2.05. The highest BCUT2D eigenvalue weighted by Gasteiger charge is 2.16. The summed E-state index contributed by atoms with van der Waals surface area (Å²) in [6.07, 6.45) is 2.67. The quantitative estimate of drug-likeness (QED) is 0.648. The lowest BCUT2D eigenvalue weighted by atomic mass is 10.1. The zero-order valence-electron chi connectivity index (χ0n) is 7.18. The van der Waals surface area contributed by atoms with Gasteiger partial charge in [-0.05, 0) is 6.42 Å². The highest BCUT2D eigenvalue weighted by atomic mass is 16.5. The van der Waals surface area contributed by atoms with Crippen molar-refractivity contribution in [1.29, 1.82) is 5.26 Å². The van der Waals surface area contributed by atoms with E-state index < -0.39 is 0 Å². The topological polar surface area (TPSA) is 63.7 Å². The first-order valence-corrected chi connectivity index (χ1v) is 4.26. The minimum atomic E-state index is 0.235. The van der Waals surface area contributed by atoms with Crippen LogP contribution in [0.3, 0.4) is 0 Å². The third-order valence-corrected chi connectivity index (χ3v) is 2.11. The molecule has 68 valence electrons. The van der Waals surface area contributed by atoms with Crippen LogP contribution in [0.15, 0.2) is 6.33 Å². The molecule has 0 N–H and O–H groups in total. The van der Waals surface area contributed by atoms with Crippen LogP contribution in [0.25, 0.3) is 0 Å². The fourth-order valence-corrected chi connectivity index (χ4v) is 1.43. The van der Waals surface area contributed by atoms with Crippen LogP contribution in [0.5, 0.6) is 0 Å². The van der Waals surface area contributed by atoms with E-state index in [0.717, 1.165) is 26.2 Å². The molecule has 0 saturated carbocycles. The lowest BCUT2D eigenvalue weighted by molar-refractivity contribution is 0.181. The molecule has 1 aliphatic rings. The second kappa shape index (κ2) is 3.54. The molecule has 0 bridgehead atoms. The number of aromatic nitrogens is 3. The van der Waals surface area contributed by atoms with E-state index in [0.29, 0.717) is 5.92 Å². The fraction of sp³-hybridized carbons (Fsp3) is 0.625. The summed E-state index contributed by atoms with van der Waals surface area (Å²) < 4.78 is 6.94. The number of nitriles is 1. The predicted octanol–water partition coefficient (Wildman–Crippen LogP) is 0.186. The Balaban J connectivity index is 1.97. The second-order valence-corrected chi connectivity index (χ2v) is 3.13. The van der Waals surface area contributed by atoms with Crippen LogP contribution < -0.4 is 0 Å². The van der Waals surface area contributed by atoms with Gasteiger partial charge < -0.3 is 4.74 Å². The molecule has 0 aromatic carbocycles. The molecule has 0 radical (unpaired) electrons. The number of nitrogens with zero attached hydrogens (tertiary/aromatic N) is 4. The predicted molar refractivity (Wildman–Crippen MR) is 43.7 cm³/mol. The van der Waals surface area contributed by atoms with Gasteiger partial charge in [0.05, 0.1) is 6.61 Å². The monoisotopic (exact) mass is 178 g/mol. The van der Waals surface area contributed by atoms with Crippen LogP contribution in [-0.4, -0.2) is 28.0 Å². The van der Waals surface area contributed by atoms with Crippen molar-refractivity contribution in [2.45, 2.75) is 13.0 Å². The molecule has 2 heterocycles. The molecule has 1 atom stereocenters. The zero-order chi connectivity index (χ0) is 9.10. The first kappa shape index (κ1) is 8.20. The maximum absolute atomic E-state index is 8.50. The van der Waals surface area contributed by atoms with Gasteiger partial charge in [0, 0.05) is 19.1 Å².